The van der Waals surface area contributed by atoms with E-state index >= 15 is 0 Å². The van der Waals surface area contributed by atoms with Gasteiger partial charge in [-0.2, -0.15) is 0 Å². The molecule has 0 radical (unpaired) electrons. The van der Waals surface area contributed by atoms with Crippen LogP contribution in [-0.4, -0.2) is 17.7 Å². The number of carboxylic acids is 1. The van der Waals surface area contributed by atoms with E-state index in [-0.39, 0.29) is 0 Å². The monoisotopic (exact) mass is 222 g/mol. The fourth-order valence-electron chi connectivity index (χ4n) is 1.47. The van der Waals surface area contributed by atoms with Crippen LogP contribution in [0.25, 0.3) is 0 Å². The molecule has 0 amide bonds. The summed E-state index contributed by atoms with van der Waals surface area (Å²) in [5.74, 6) is -0.934. The molecule has 3 nitrogen and oxygen atoms in total. The first-order valence-corrected chi connectivity index (χ1v) is 5.47. The normalized spacial score (nSPS) is 12.4. The van der Waals surface area contributed by atoms with Gasteiger partial charge >= 0.3 is 5.97 Å². The predicted octanol–water partition coefficient (Wildman–Crippen LogP) is 2.86. The number of rotatable bonds is 5. The number of aliphatic carboxylic acids is 1. The minimum atomic E-state index is -0.934. The van der Waals surface area contributed by atoms with Crippen LogP contribution < -0.4 is 0 Å². The molecule has 0 saturated carbocycles. The predicted molar refractivity (Wildman–Crippen MR) is 62.5 cm³/mol. The van der Waals surface area contributed by atoms with Crippen molar-refractivity contribution in [1.82, 2.24) is 0 Å². The lowest BCUT2D eigenvalue weighted by molar-refractivity contribution is -0.150. The van der Waals surface area contributed by atoms with Crippen molar-refractivity contribution >= 4 is 5.97 Å². The van der Waals surface area contributed by atoms with E-state index in [4.69, 9.17) is 9.84 Å². The zero-order chi connectivity index (χ0) is 12.1. The van der Waals surface area contributed by atoms with Gasteiger partial charge in [0.15, 0.2) is 6.10 Å². The number of aryl methyl sites for hydroxylation is 2. The third-order valence-electron chi connectivity index (χ3n) is 2.55. The molecule has 0 fully saturated rings. The van der Waals surface area contributed by atoms with Crippen LogP contribution >= 0.6 is 0 Å². The van der Waals surface area contributed by atoms with Crippen LogP contribution in [0.15, 0.2) is 18.2 Å². The van der Waals surface area contributed by atoms with Crippen molar-refractivity contribution in [2.45, 2.75) is 33.3 Å². The van der Waals surface area contributed by atoms with Crippen molar-refractivity contribution in [1.29, 1.82) is 0 Å². The van der Waals surface area contributed by atoms with Crippen molar-refractivity contribution in [3.63, 3.8) is 0 Å². The Morgan fingerprint density at radius 3 is 2.56 bits per heavy atom. The van der Waals surface area contributed by atoms with Gasteiger partial charge in [-0.05, 0) is 37.0 Å². The molecule has 0 aliphatic rings. The van der Waals surface area contributed by atoms with Gasteiger partial charge in [0.2, 0.25) is 0 Å². The van der Waals surface area contributed by atoms with E-state index in [0.717, 1.165) is 17.5 Å². The van der Waals surface area contributed by atoms with Crippen LogP contribution in [0.4, 0.5) is 0 Å². The van der Waals surface area contributed by atoms with Crippen LogP contribution in [-0.2, 0) is 9.53 Å². The highest BCUT2D eigenvalue weighted by Gasteiger charge is 2.20. The fraction of sp³-hybridized carbons (Fsp3) is 0.462. The SMILES string of the molecule is CCCOC(C(=O)O)c1ccc(C)c(C)c1. The first-order chi connectivity index (χ1) is 7.56. The lowest BCUT2D eigenvalue weighted by atomic mass is 10.0. The van der Waals surface area contributed by atoms with Gasteiger partial charge in [-0.15, -0.1) is 0 Å². The average Bonchev–Trinajstić information content (AvgIpc) is 2.23. The first-order valence-electron chi connectivity index (χ1n) is 5.47. The summed E-state index contributed by atoms with van der Waals surface area (Å²) >= 11 is 0. The largest absolute Gasteiger partial charge is 0.479 e. The van der Waals surface area contributed by atoms with Gasteiger partial charge in [-0.1, -0.05) is 25.1 Å². The summed E-state index contributed by atoms with van der Waals surface area (Å²) in [4.78, 5) is 11.1. The lowest BCUT2D eigenvalue weighted by Crippen LogP contribution is -2.16. The molecule has 1 aromatic rings. The quantitative estimate of drug-likeness (QED) is 0.833. The van der Waals surface area contributed by atoms with Gasteiger partial charge in [0.25, 0.3) is 0 Å². The van der Waals surface area contributed by atoms with E-state index in [1.807, 2.05) is 39.0 Å². The maximum absolute atomic E-state index is 11.1. The van der Waals surface area contributed by atoms with Crippen molar-refractivity contribution in [3.8, 4) is 0 Å². The van der Waals surface area contributed by atoms with Gasteiger partial charge < -0.3 is 9.84 Å². The maximum atomic E-state index is 11.1. The molecule has 0 saturated heterocycles. The molecule has 16 heavy (non-hydrogen) atoms. The van der Waals surface area contributed by atoms with Crippen molar-refractivity contribution in [3.05, 3.63) is 34.9 Å². The standard InChI is InChI=1S/C13H18O3/c1-4-7-16-12(13(14)15)11-6-5-9(2)10(3)8-11/h5-6,8,12H,4,7H2,1-3H3,(H,14,15). The molecule has 0 bridgehead atoms. The smallest absolute Gasteiger partial charge is 0.337 e. The summed E-state index contributed by atoms with van der Waals surface area (Å²) in [7, 11) is 0. The van der Waals surface area contributed by atoms with Crippen molar-refractivity contribution in [2.75, 3.05) is 6.61 Å². The lowest BCUT2D eigenvalue weighted by Gasteiger charge is -2.14. The van der Waals surface area contributed by atoms with E-state index in [2.05, 4.69) is 0 Å². The molecule has 3 heteroatoms. The van der Waals surface area contributed by atoms with Gasteiger partial charge in [0, 0.05) is 6.61 Å². The Hall–Kier alpha value is -1.35. The van der Waals surface area contributed by atoms with Crippen LogP contribution in [0.5, 0.6) is 0 Å². The topological polar surface area (TPSA) is 46.5 Å². The second-order valence-electron chi connectivity index (χ2n) is 3.93. The molecule has 1 unspecified atom stereocenters. The molecule has 0 aromatic heterocycles. The molecule has 0 aliphatic carbocycles. The first kappa shape index (κ1) is 12.7. The average molecular weight is 222 g/mol. The van der Waals surface area contributed by atoms with Gasteiger partial charge in [0.05, 0.1) is 0 Å². The number of hydrogen-bond donors (Lipinski definition) is 1. The minimum Gasteiger partial charge on any atom is -0.479 e. The zero-order valence-electron chi connectivity index (χ0n) is 9.99. The van der Waals surface area contributed by atoms with E-state index in [1.165, 1.54) is 0 Å². The summed E-state index contributed by atoms with van der Waals surface area (Å²) in [6.45, 7) is 6.39. The molecule has 1 aromatic carbocycles. The molecule has 88 valence electrons. The Morgan fingerprint density at radius 1 is 1.38 bits per heavy atom. The van der Waals surface area contributed by atoms with Crippen LogP contribution in [0.3, 0.4) is 0 Å². The van der Waals surface area contributed by atoms with Crippen LogP contribution in [0, 0.1) is 13.8 Å². The van der Waals surface area contributed by atoms with Crippen molar-refractivity contribution in [2.24, 2.45) is 0 Å². The van der Waals surface area contributed by atoms with Crippen LogP contribution in [0.1, 0.15) is 36.1 Å². The fourth-order valence-corrected chi connectivity index (χ4v) is 1.47. The van der Waals surface area contributed by atoms with E-state index in [1.54, 1.807) is 0 Å². The highest BCUT2D eigenvalue weighted by Crippen LogP contribution is 2.20. The second kappa shape index (κ2) is 5.66. The highest BCUT2D eigenvalue weighted by atomic mass is 16.5. The van der Waals surface area contributed by atoms with Gasteiger partial charge in [-0.25, -0.2) is 4.79 Å². The third kappa shape index (κ3) is 3.07. The molecule has 1 N–H and O–H groups in total. The van der Waals surface area contributed by atoms with Gasteiger partial charge in [-0.3, -0.25) is 0 Å². The summed E-state index contributed by atoms with van der Waals surface area (Å²) in [6, 6.07) is 5.62. The molecule has 1 rings (SSSR count). The summed E-state index contributed by atoms with van der Waals surface area (Å²) < 4.78 is 5.33. The maximum Gasteiger partial charge on any atom is 0.337 e. The zero-order valence-corrected chi connectivity index (χ0v) is 9.99. The summed E-state index contributed by atoms with van der Waals surface area (Å²) in [6.07, 6.45) is -0.0338. The molecule has 0 aliphatic heterocycles. The number of ether oxygens (including phenoxy) is 1. The Balaban J connectivity index is 2.92. The van der Waals surface area contributed by atoms with E-state index in [0.29, 0.717) is 12.2 Å². The minimum absolute atomic E-state index is 0.462. The third-order valence-corrected chi connectivity index (χ3v) is 2.55. The number of carbonyl (C=O) groups is 1. The molecule has 1 atom stereocenters. The Bertz CT molecular complexity index is 371. The molecule has 0 heterocycles. The summed E-state index contributed by atoms with van der Waals surface area (Å²) in [5.41, 5.74) is 2.95. The molecular formula is C13H18O3. The molecule has 0 spiro atoms. The van der Waals surface area contributed by atoms with E-state index in [9.17, 15) is 4.79 Å². The van der Waals surface area contributed by atoms with Gasteiger partial charge in [0.1, 0.15) is 0 Å². The van der Waals surface area contributed by atoms with Crippen molar-refractivity contribution < 1.29 is 14.6 Å². The Morgan fingerprint density at radius 2 is 2.06 bits per heavy atom. The number of hydrogen-bond acceptors (Lipinski definition) is 2. The number of benzene rings is 1. The highest BCUT2D eigenvalue weighted by molar-refractivity contribution is 5.74. The second-order valence-corrected chi connectivity index (χ2v) is 3.93. The summed E-state index contributed by atoms with van der Waals surface area (Å²) in [5, 5.41) is 9.09. The number of carboxylic acid groups (broad SMARTS) is 1. The van der Waals surface area contributed by atoms with E-state index < -0.39 is 12.1 Å². The Kier molecular flexibility index (Phi) is 4.50. The Labute approximate surface area is 96.1 Å². The van der Waals surface area contributed by atoms with Crippen LogP contribution in [0.2, 0.25) is 0 Å². The molecular weight excluding hydrogens is 204 g/mol.